The molecule has 1 aliphatic heterocycles. The van der Waals surface area contributed by atoms with Crippen molar-refractivity contribution in [2.45, 2.75) is 25.9 Å². The van der Waals surface area contributed by atoms with Crippen LogP contribution in [0.25, 0.3) is 0 Å². The predicted molar refractivity (Wildman–Crippen MR) is 67.6 cm³/mol. The zero-order valence-corrected chi connectivity index (χ0v) is 10.2. The van der Waals surface area contributed by atoms with Crippen LogP contribution >= 0.6 is 0 Å². The fraction of sp³-hybridized carbons (Fsp3) is 0.385. The van der Waals surface area contributed by atoms with Crippen LogP contribution < -0.4 is 5.32 Å². The summed E-state index contributed by atoms with van der Waals surface area (Å²) in [6, 6.07) is 9.91. The number of rotatable bonds is 3. The van der Waals surface area contributed by atoms with Crippen LogP contribution in [-0.2, 0) is 11.3 Å². The molecule has 0 aliphatic carbocycles. The van der Waals surface area contributed by atoms with Gasteiger partial charge in [-0.15, -0.1) is 0 Å². The number of carbonyl (C=O) groups excluding carboxylic acids is 1. The molecule has 1 heterocycles. The fourth-order valence-electron chi connectivity index (χ4n) is 1.83. The van der Waals surface area contributed by atoms with Gasteiger partial charge in [0.1, 0.15) is 6.04 Å². The summed E-state index contributed by atoms with van der Waals surface area (Å²) in [7, 11) is 1.93. The molecule has 4 nitrogen and oxygen atoms in total. The molecule has 0 unspecified atom stereocenters. The van der Waals surface area contributed by atoms with Gasteiger partial charge in [-0.1, -0.05) is 37.3 Å². The van der Waals surface area contributed by atoms with Crippen molar-refractivity contribution in [1.29, 1.82) is 0 Å². The summed E-state index contributed by atoms with van der Waals surface area (Å²) in [5.74, 6) is 0.674. The summed E-state index contributed by atoms with van der Waals surface area (Å²) >= 11 is 0. The highest BCUT2D eigenvalue weighted by Crippen LogP contribution is 2.09. The second-order valence-electron chi connectivity index (χ2n) is 4.21. The van der Waals surface area contributed by atoms with Crippen molar-refractivity contribution in [3.8, 4) is 0 Å². The Morgan fingerprint density at radius 3 is 2.65 bits per heavy atom. The predicted octanol–water partition coefficient (Wildman–Crippen LogP) is 1.38. The summed E-state index contributed by atoms with van der Waals surface area (Å²) < 4.78 is 0. The molecule has 0 aromatic heterocycles. The molecule has 0 spiro atoms. The van der Waals surface area contributed by atoms with Gasteiger partial charge in [0.05, 0.1) is 0 Å². The highest BCUT2D eigenvalue weighted by Gasteiger charge is 2.26. The van der Waals surface area contributed by atoms with E-state index in [1.54, 1.807) is 0 Å². The van der Waals surface area contributed by atoms with Gasteiger partial charge in [-0.2, -0.15) is 0 Å². The van der Waals surface area contributed by atoms with Crippen LogP contribution in [0.1, 0.15) is 18.9 Å². The number of hydrogen-bond acceptors (Lipinski definition) is 3. The molecule has 1 N–H and O–H groups in total. The van der Waals surface area contributed by atoms with Crippen LogP contribution in [0.3, 0.4) is 0 Å². The van der Waals surface area contributed by atoms with Crippen LogP contribution in [0.5, 0.6) is 0 Å². The summed E-state index contributed by atoms with van der Waals surface area (Å²) in [5, 5.41) is 2.81. The maximum Gasteiger partial charge on any atom is 0.251 e. The monoisotopic (exact) mass is 231 g/mol. The topological polar surface area (TPSA) is 44.7 Å². The van der Waals surface area contributed by atoms with Crippen LogP contribution in [0.4, 0.5) is 0 Å². The minimum Gasteiger partial charge on any atom is -0.341 e. The molecule has 0 radical (unpaired) electrons. The molecule has 0 saturated carbocycles. The van der Waals surface area contributed by atoms with Gasteiger partial charge in [-0.3, -0.25) is 10.1 Å². The first-order chi connectivity index (χ1) is 8.20. The van der Waals surface area contributed by atoms with E-state index in [9.17, 15) is 4.79 Å². The lowest BCUT2D eigenvalue weighted by Crippen LogP contribution is -2.38. The Balaban J connectivity index is 2.02. The third kappa shape index (κ3) is 2.64. The van der Waals surface area contributed by atoms with Crippen LogP contribution in [0, 0.1) is 0 Å². The average Bonchev–Trinajstić information content (AvgIpc) is 2.72. The lowest BCUT2D eigenvalue weighted by molar-refractivity contribution is -0.120. The number of benzene rings is 1. The standard InChI is InChI=1S/C13H17N3O/c1-3-11-12(17)15-13(14-11)16(2)9-10-7-5-4-6-8-10/h4-8,11H,3,9H2,1-2H3,(H,14,15,17)/t11-/m0/s1. The number of amides is 1. The van der Waals surface area contributed by atoms with E-state index in [2.05, 4.69) is 22.4 Å². The van der Waals surface area contributed by atoms with Gasteiger partial charge in [-0.05, 0) is 12.0 Å². The van der Waals surface area contributed by atoms with E-state index in [0.29, 0.717) is 5.96 Å². The van der Waals surface area contributed by atoms with Crippen molar-refractivity contribution >= 4 is 11.9 Å². The second kappa shape index (κ2) is 4.99. The number of guanidine groups is 1. The number of nitrogens with one attached hydrogen (secondary N) is 1. The van der Waals surface area contributed by atoms with Crippen molar-refractivity contribution in [2.24, 2.45) is 4.99 Å². The molecule has 0 bridgehead atoms. The molecule has 17 heavy (non-hydrogen) atoms. The normalized spacial score (nSPS) is 18.8. The first-order valence-corrected chi connectivity index (χ1v) is 5.84. The first-order valence-electron chi connectivity index (χ1n) is 5.84. The minimum absolute atomic E-state index is 0.00223. The largest absolute Gasteiger partial charge is 0.341 e. The molecule has 1 aliphatic rings. The zero-order chi connectivity index (χ0) is 12.3. The lowest BCUT2D eigenvalue weighted by atomic mass is 10.2. The van der Waals surface area contributed by atoms with Gasteiger partial charge < -0.3 is 4.90 Å². The van der Waals surface area contributed by atoms with E-state index in [0.717, 1.165) is 13.0 Å². The quantitative estimate of drug-likeness (QED) is 0.854. The molecule has 0 saturated heterocycles. The summed E-state index contributed by atoms with van der Waals surface area (Å²) in [4.78, 5) is 17.8. The van der Waals surface area contributed by atoms with E-state index in [4.69, 9.17) is 0 Å². The van der Waals surface area contributed by atoms with Crippen molar-refractivity contribution in [2.75, 3.05) is 7.05 Å². The van der Waals surface area contributed by atoms with Crippen molar-refractivity contribution in [3.63, 3.8) is 0 Å². The summed E-state index contributed by atoms with van der Waals surface area (Å²) in [6.07, 6.45) is 0.745. The van der Waals surface area contributed by atoms with Gasteiger partial charge >= 0.3 is 0 Å². The Bertz CT molecular complexity index is 428. The van der Waals surface area contributed by atoms with Crippen molar-refractivity contribution < 1.29 is 4.79 Å². The Morgan fingerprint density at radius 2 is 2.06 bits per heavy atom. The number of nitrogens with zero attached hydrogens (tertiary/aromatic N) is 2. The van der Waals surface area contributed by atoms with Gasteiger partial charge in [0, 0.05) is 13.6 Å². The SMILES string of the molecule is CC[C@@H]1N=C(N(C)Cc2ccccc2)NC1=O. The van der Waals surface area contributed by atoms with Crippen molar-refractivity contribution in [3.05, 3.63) is 35.9 Å². The Morgan fingerprint density at radius 1 is 1.35 bits per heavy atom. The second-order valence-corrected chi connectivity index (χ2v) is 4.21. The van der Waals surface area contributed by atoms with E-state index < -0.39 is 0 Å². The van der Waals surface area contributed by atoms with Crippen LogP contribution in [0.15, 0.2) is 35.3 Å². The molecule has 4 heteroatoms. The van der Waals surface area contributed by atoms with Crippen molar-refractivity contribution in [1.82, 2.24) is 10.2 Å². The fourth-order valence-corrected chi connectivity index (χ4v) is 1.83. The maximum absolute atomic E-state index is 11.5. The Kier molecular flexibility index (Phi) is 3.42. The average molecular weight is 231 g/mol. The van der Waals surface area contributed by atoms with Crippen LogP contribution in [-0.4, -0.2) is 29.9 Å². The molecular weight excluding hydrogens is 214 g/mol. The third-order valence-electron chi connectivity index (χ3n) is 2.83. The van der Waals surface area contributed by atoms with E-state index >= 15 is 0 Å². The maximum atomic E-state index is 11.5. The Hall–Kier alpha value is -1.84. The summed E-state index contributed by atoms with van der Waals surface area (Å²) in [5.41, 5.74) is 1.20. The molecule has 0 fully saturated rings. The summed E-state index contributed by atoms with van der Waals surface area (Å²) in [6.45, 7) is 2.71. The zero-order valence-electron chi connectivity index (χ0n) is 10.2. The van der Waals surface area contributed by atoms with Gasteiger partial charge in [-0.25, -0.2) is 4.99 Å². The lowest BCUT2D eigenvalue weighted by Gasteiger charge is -2.18. The smallest absolute Gasteiger partial charge is 0.251 e. The first kappa shape index (κ1) is 11.6. The van der Waals surface area contributed by atoms with E-state index in [1.807, 2.05) is 37.1 Å². The molecule has 90 valence electrons. The van der Waals surface area contributed by atoms with E-state index in [1.165, 1.54) is 5.56 Å². The Labute approximate surface area is 101 Å². The highest BCUT2D eigenvalue weighted by atomic mass is 16.2. The van der Waals surface area contributed by atoms with Gasteiger partial charge in [0.15, 0.2) is 0 Å². The molecule has 1 aromatic rings. The number of aliphatic imine (C=N–C) groups is 1. The molecule has 2 rings (SSSR count). The van der Waals surface area contributed by atoms with Crippen LogP contribution in [0.2, 0.25) is 0 Å². The van der Waals surface area contributed by atoms with Gasteiger partial charge in [0.25, 0.3) is 5.91 Å². The molecule has 1 aromatic carbocycles. The number of carbonyl (C=O) groups is 1. The van der Waals surface area contributed by atoms with E-state index in [-0.39, 0.29) is 11.9 Å². The van der Waals surface area contributed by atoms with Gasteiger partial charge in [0.2, 0.25) is 5.96 Å². The molecule has 1 atom stereocenters. The third-order valence-corrected chi connectivity index (χ3v) is 2.83. The number of hydrogen-bond donors (Lipinski definition) is 1. The molecular formula is C13H17N3O. The highest BCUT2D eigenvalue weighted by molar-refractivity contribution is 6.04. The molecule has 1 amide bonds. The minimum atomic E-state index is -0.219.